The number of carbonyl (C=O) groups is 3. The molecular formula is C25H28N4O4. The molecule has 2 aromatic carbocycles. The van der Waals surface area contributed by atoms with Gasteiger partial charge in [0.1, 0.15) is 0 Å². The summed E-state index contributed by atoms with van der Waals surface area (Å²) in [6.07, 6.45) is 0. The lowest BCUT2D eigenvalue weighted by molar-refractivity contribution is -0.114. The van der Waals surface area contributed by atoms with Crippen LogP contribution in [0.2, 0.25) is 0 Å². The largest absolute Gasteiger partial charge is 0.465 e. The number of anilines is 1. The topological polar surface area (TPSA) is 100 Å². The number of hydrazone groups is 1. The first-order chi connectivity index (χ1) is 15.5. The Bertz CT molecular complexity index is 1160. The van der Waals surface area contributed by atoms with E-state index in [1.54, 1.807) is 32.0 Å². The van der Waals surface area contributed by atoms with E-state index in [-0.39, 0.29) is 22.4 Å². The molecule has 2 amide bonds. The Morgan fingerprint density at radius 3 is 2.24 bits per heavy atom. The third-order valence-electron chi connectivity index (χ3n) is 5.28. The van der Waals surface area contributed by atoms with Crippen molar-refractivity contribution in [3.8, 4) is 0 Å². The number of ether oxygens (including phenoxy) is 1. The normalized spacial score (nSPS) is 15.2. The van der Waals surface area contributed by atoms with Crippen molar-refractivity contribution in [2.75, 3.05) is 12.1 Å². The van der Waals surface area contributed by atoms with Crippen molar-refractivity contribution in [1.82, 2.24) is 10.9 Å². The van der Waals surface area contributed by atoms with Crippen molar-refractivity contribution in [2.24, 2.45) is 5.10 Å². The summed E-state index contributed by atoms with van der Waals surface area (Å²) in [5.74, 6) is -1.28. The van der Waals surface area contributed by atoms with Crippen molar-refractivity contribution in [3.63, 3.8) is 0 Å². The van der Waals surface area contributed by atoms with Gasteiger partial charge in [0.05, 0.1) is 29.6 Å². The van der Waals surface area contributed by atoms with Gasteiger partial charge in [-0.25, -0.2) is 4.79 Å². The highest BCUT2D eigenvalue weighted by atomic mass is 16.5. The van der Waals surface area contributed by atoms with E-state index >= 15 is 0 Å². The van der Waals surface area contributed by atoms with E-state index in [4.69, 9.17) is 0 Å². The van der Waals surface area contributed by atoms with Gasteiger partial charge >= 0.3 is 5.97 Å². The Hall–Kier alpha value is -3.94. The van der Waals surface area contributed by atoms with E-state index < -0.39 is 11.9 Å². The molecule has 1 heterocycles. The molecule has 2 N–H and O–H groups in total. The smallest absolute Gasteiger partial charge is 0.337 e. The van der Waals surface area contributed by atoms with E-state index in [0.29, 0.717) is 22.7 Å². The third kappa shape index (κ3) is 5.11. The summed E-state index contributed by atoms with van der Waals surface area (Å²) in [5, 5.41) is 5.75. The van der Waals surface area contributed by atoms with Crippen molar-refractivity contribution in [2.45, 2.75) is 40.0 Å². The molecule has 0 radical (unpaired) electrons. The van der Waals surface area contributed by atoms with Crippen molar-refractivity contribution in [3.05, 3.63) is 76.5 Å². The van der Waals surface area contributed by atoms with Gasteiger partial charge in [0.25, 0.3) is 11.8 Å². The quantitative estimate of drug-likeness (QED) is 0.413. The highest BCUT2D eigenvalue weighted by Gasteiger charge is 2.31. The molecule has 0 saturated heterocycles. The van der Waals surface area contributed by atoms with Gasteiger partial charge in [0.2, 0.25) is 0 Å². The van der Waals surface area contributed by atoms with Crippen molar-refractivity contribution >= 4 is 29.2 Å². The molecular weight excluding hydrogens is 420 g/mol. The number of rotatable bonds is 5. The average Bonchev–Trinajstić information content (AvgIpc) is 3.10. The van der Waals surface area contributed by atoms with E-state index in [9.17, 15) is 14.4 Å². The standard InChI is InChI=1S/C25H28N4O4/c1-15(26-27-22(30)17-8-7-9-18(14-17)24(32)33-6)21-16(2)28-29(23(21)31)20-12-10-19(11-13-20)25(3,4)5/h7-14,26H,1-6H3,(H,27,30). The minimum absolute atomic E-state index is 0.00683. The zero-order valence-electron chi connectivity index (χ0n) is 19.6. The second-order valence-electron chi connectivity index (χ2n) is 8.75. The van der Waals surface area contributed by atoms with Gasteiger partial charge in [-0.3, -0.25) is 15.0 Å². The molecule has 0 atom stereocenters. The maximum absolute atomic E-state index is 13.1. The van der Waals surface area contributed by atoms with Crippen LogP contribution in [0, 0.1) is 0 Å². The number of hydrogen-bond acceptors (Lipinski definition) is 6. The molecule has 0 bridgehead atoms. The zero-order valence-corrected chi connectivity index (χ0v) is 19.6. The number of carbonyl (C=O) groups excluding carboxylic acids is 3. The molecule has 0 saturated carbocycles. The van der Waals surface area contributed by atoms with Crippen molar-refractivity contribution < 1.29 is 19.1 Å². The number of hydrazine groups is 1. The second-order valence-corrected chi connectivity index (χ2v) is 8.75. The predicted octanol–water partition coefficient (Wildman–Crippen LogP) is 3.70. The maximum Gasteiger partial charge on any atom is 0.337 e. The minimum Gasteiger partial charge on any atom is -0.465 e. The van der Waals surface area contributed by atoms with Crippen LogP contribution in [0.4, 0.5) is 5.69 Å². The number of nitrogens with zero attached hydrogens (tertiary/aromatic N) is 2. The summed E-state index contributed by atoms with van der Waals surface area (Å²) in [7, 11) is 1.27. The van der Waals surface area contributed by atoms with Crippen LogP contribution >= 0.6 is 0 Å². The average molecular weight is 449 g/mol. The molecule has 33 heavy (non-hydrogen) atoms. The lowest BCUT2D eigenvalue weighted by atomic mass is 9.87. The molecule has 0 spiro atoms. The fourth-order valence-electron chi connectivity index (χ4n) is 3.41. The van der Waals surface area contributed by atoms with Gasteiger partial charge in [-0.05, 0) is 55.2 Å². The number of amides is 2. The van der Waals surface area contributed by atoms with Crippen LogP contribution in [0.25, 0.3) is 0 Å². The summed E-state index contributed by atoms with van der Waals surface area (Å²) in [6.45, 7) is 9.80. The van der Waals surface area contributed by atoms with Gasteiger partial charge in [-0.1, -0.05) is 39.0 Å². The van der Waals surface area contributed by atoms with Crippen LogP contribution in [0.3, 0.4) is 0 Å². The number of nitrogens with one attached hydrogen (secondary N) is 2. The van der Waals surface area contributed by atoms with Crippen molar-refractivity contribution in [1.29, 1.82) is 0 Å². The molecule has 0 unspecified atom stereocenters. The molecule has 8 heteroatoms. The molecule has 2 aromatic rings. The number of esters is 1. The van der Waals surface area contributed by atoms with Gasteiger partial charge in [0, 0.05) is 11.3 Å². The SMILES string of the molecule is COC(=O)c1cccc(C(=O)NNC(C)=C2C(=O)N(c3ccc(C(C)(C)C)cc3)N=C2C)c1. The third-order valence-corrected chi connectivity index (χ3v) is 5.28. The molecule has 8 nitrogen and oxygen atoms in total. The molecule has 172 valence electrons. The van der Waals surface area contributed by atoms with Gasteiger partial charge in [-0.2, -0.15) is 10.1 Å². The fourth-order valence-corrected chi connectivity index (χ4v) is 3.41. The van der Waals surface area contributed by atoms with Crippen LogP contribution in [-0.4, -0.2) is 30.6 Å². The van der Waals surface area contributed by atoms with Gasteiger partial charge < -0.3 is 10.2 Å². The lowest BCUT2D eigenvalue weighted by Gasteiger charge is -2.20. The van der Waals surface area contributed by atoms with E-state index in [2.05, 4.69) is 41.5 Å². The first-order valence-electron chi connectivity index (χ1n) is 10.5. The van der Waals surface area contributed by atoms with E-state index in [1.807, 2.05) is 24.3 Å². The molecule has 0 aliphatic carbocycles. The molecule has 1 aliphatic rings. The number of allylic oxidation sites excluding steroid dienone is 1. The number of methoxy groups -OCH3 is 1. The highest BCUT2D eigenvalue weighted by Crippen LogP contribution is 2.28. The van der Waals surface area contributed by atoms with Gasteiger partial charge in [0.15, 0.2) is 0 Å². The predicted molar refractivity (Wildman–Crippen MR) is 127 cm³/mol. The maximum atomic E-state index is 13.1. The minimum atomic E-state index is -0.532. The Balaban J connectivity index is 1.74. The molecule has 0 fully saturated rings. The number of benzene rings is 2. The van der Waals surface area contributed by atoms with Crippen LogP contribution < -0.4 is 15.9 Å². The number of hydrogen-bond donors (Lipinski definition) is 2. The monoisotopic (exact) mass is 448 g/mol. The first kappa shape index (κ1) is 23.7. The molecule has 1 aliphatic heterocycles. The van der Waals surface area contributed by atoms with Crippen LogP contribution in [0.1, 0.15) is 60.9 Å². The Kier molecular flexibility index (Phi) is 6.67. The molecule has 0 aromatic heterocycles. The second kappa shape index (κ2) is 9.28. The van der Waals surface area contributed by atoms with Crippen LogP contribution in [0.15, 0.2) is 64.9 Å². The van der Waals surface area contributed by atoms with E-state index in [1.165, 1.54) is 18.2 Å². The van der Waals surface area contributed by atoms with Crippen LogP contribution in [0.5, 0.6) is 0 Å². The summed E-state index contributed by atoms with van der Waals surface area (Å²) in [5.41, 5.74) is 9.06. The summed E-state index contributed by atoms with van der Waals surface area (Å²) < 4.78 is 4.68. The Morgan fingerprint density at radius 1 is 1.00 bits per heavy atom. The highest BCUT2D eigenvalue weighted by molar-refractivity contribution is 6.30. The Labute approximate surface area is 193 Å². The molecule has 3 rings (SSSR count). The summed E-state index contributed by atoms with van der Waals surface area (Å²) >= 11 is 0. The van der Waals surface area contributed by atoms with Gasteiger partial charge in [-0.15, -0.1) is 0 Å². The zero-order chi connectivity index (χ0) is 24.3. The first-order valence-corrected chi connectivity index (χ1v) is 10.5. The Morgan fingerprint density at radius 2 is 1.64 bits per heavy atom. The lowest BCUT2D eigenvalue weighted by Crippen LogP contribution is -2.38. The summed E-state index contributed by atoms with van der Waals surface area (Å²) in [4.78, 5) is 37.3. The van der Waals surface area contributed by atoms with Crippen LogP contribution in [-0.2, 0) is 14.9 Å². The van der Waals surface area contributed by atoms with E-state index in [0.717, 1.165) is 5.56 Å². The summed E-state index contributed by atoms with van der Waals surface area (Å²) in [6, 6.07) is 13.9. The fraction of sp³-hybridized carbons (Fsp3) is 0.280.